The first kappa shape index (κ1) is 14.5. The van der Waals surface area contributed by atoms with Crippen LogP contribution in [0.1, 0.15) is 23.6 Å². The van der Waals surface area contributed by atoms with Crippen LogP contribution in [0.4, 0.5) is 4.39 Å². The van der Waals surface area contributed by atoms with Gasteiger partial charge >= 0.3 is 0 Å². The predicted molar refractivity (Wildman–Crippen MR) is 79.0 cm³/mol. The van der Waals surface area contributed by atoms with Crippen LogP contribution in [0.15, 0.2) is 40.9 Å². The fourth-order valence-electron chi connectivity index (χ4n) is 2.20. The Balaban J connectivity index is 2.58. The molecule has 0 aromatic heterocycles. The first-order chi connectivity index (χ1) is 8.82. The molecule has 2 aromatic carbocycles. The Morgan fingerprint density at radius 1 is 1.16 bits per heavy atom. The summed E-state index contributed by atoms with van der Waals surface area (Å²) < 4.78 is 14.0. The molecule has 0 aliphatic heterocycles. The number of aliphatic hydroxyl groups is 1. The van der Waals surface area contributed by atoms with E-state index in [0.29, 0.717) is 21.7 Å². The SMILES string of the molecule is Cc1cc(F)ccc1C(C)(O)c1ccc(Br)cc1Cl. The number of hydrogen-bond acceptors (Lipinski definition) is 1. The van der Waals surface area contributed by atoms with E-state index < -0.39 is 5.60 Å². The second-order valence-electron chi connectivity index (χ2n) is 4.66. The number of halogens is 3. The van der Waals surface area contributed by atoms with Crippen LogP contribution in [-0.4, -0.2) is 5.11 Å². The molecule has 2 aromatic rings. The normalized spacial score (nSPS) is 14.2. The number of aryl methyl sites for hydroxylation is 1. The highest BCUT2D eigenvalue weighted by Gasteiger charge is 2.29. The maximum absolute atomic E-state index is 13.2. The van der Waals surface area contributed by atoms with E-state index in [2.05, 4.69) is 15.9 Å². The van der Waals surface area contributed by atoms with Crippen LogP contribution < -0.4 is 0 Å². The largest absolute Gasteiger partial charge is 0.381 e. The fraction of sp³-hybridized carbons (Fsp3) is 0.200. The standard InChI is InChI=1S/C15H13BrClFO/c1-9-7-11(18)4-6-12(9)15(2,19)13-5-3-10(16)8-14(13)17/h3-8,19H,1-2H3. The summed E-state index contributed by atoms with van der Waals surface area (Å²) in [5.74, 6) is -0.320. The minimum atomic E-state index is -1.27. The third-order valence-electron chi connectivity index (χ3n) is 3.17. The van der Waals surface area contributed by atoms with Crippen molar-refractivity contribution >= 4 is 27.5 Å². The molecule has 0 radical (unpaired) electrons. The molecule has 0 bridgehead atoms. The molecule has 100 valence electrons. The monoisotopic (exact) mass is 342 g/mol. The zero-order valence-electron chi connectivity index (χ0n) is 10.5. The van der Waals surface area contributed by atoms with Crippen molar-refractivity contribution in [2.75, 3.05) is 0 Å². The summed E-state index contributed by atoms with van der Waals surface area (Å²) in [4.78, 5) is 0. The van der Waals surface area contributed by atoms with E-state index in [0.717, 1.165) is 4.47 Å². The summed E-state index contributed by atoms with van der Waals surface area (Å²) in [7, 11) is 0. The maximum atomic E-state index is 13.2. The van der Waals surface area contributed by atoms with Crippen LogP contribution in [-0.2, 0) is 5.60 Å². The molecule has 0 spiro atoms. The van der Waals surface area contributed by atoms with Gasteiger partial charge in [0.05, 0.1) is 0 Å². The molecule has 0 amide bonds. The molecule has 0 fully saturated rings. The minimum absolute atomic E-state index is 0.320. The van der Waals surface area contributed by atoms with Crippen molar-refractivity contribution in [3.05, 3.63) is 68.4 Å². The molecular weight excluding hydrogens is 331 g/mol. The van der Waals surface area contributed by atoms with E-state index in [-0.39, 0.29) is 5.82 Å². The Labute approximate surface area is 125 Å². The van der Waals surface area contributed by atoms with Crippen molar-refractivity contribution in [3.63, 3.8) is 0 Å². The van der Waals surface area contributed by atoms with Gasteiger partial charge in [-0.15, -0.1) is 0 Å². The van der Waals surface area contributed by atoms with E-state index >= 15 is 0 Å². The van der Waals surface area contributed by atoms with E-state index in [1.54, 1.807) is 32.0 Å². The van der Waals surface area contributed by atoms with Gasteiger partial charge < -0.3 is 5.11 Å². The first-order valence-electron chi connectivity index (χ1n) is 5.77. The molecule has 0 saturated heterocycles. The van der Waals surface area contributed by atoms with Gasteiger partial charge in [0.1, 0.15) is 11.4 Å². The molecular formula is C15H13BrClFO. The summed E-state index contributed by atoms with van der Waals surface area (Å²) >= 11 is 9.51. The van der Waals surface area contributed by atoms with E-state index in [1.165, 1.54) is 12.1 Å². The van der Waals surface area contributed by atoms with Gasteiger partial charge in [0.25, 0.3) is 0 Å². The molecule has 1 atom stereocenters. The summed E-state index contributed by atoms with van der Waals surface area (Å²) in [5, 5.41) is 11.2. The Morgan fingerprint density at radius 3 is 2.37 bits per heavy atom. The van der Waals surface area contributed by atoms with Crippen LogP contribution in [0.3, 0.4) is 0 Å². The molecule has 1 N–H and O–H groups in total. The van der Waals surface area contributed by atoms with Crippen LogP contribution in [0.5, 0.6) is 0 Å². The molecule has 19 heavy (non-hydrogen) atoms. The molecule has 0 heterocycles. The molecule has 0 aliphatic rings. The van der Waals surface area contributed by atoms with Gasteiger partial charge in [-0.05, 0) is 49.2 Å². The average molecular weight is 344 g/mol. The number of benzene rings is 2. The maximum Gasteiger partial charge on any atom is 0.123 e. The van der Waals surface area contributed by atoms with Gasteiger partial charge in [-0.2, -0.15) is 0 Å². The van der Waals surface area contributed by atoms with Crippen LogP contribution >= 0.6 is 27.5 Å². The van der Waals surface area contributed by atoms with E-state index in [9.17, 15) is 9.50 Å². The van der Waals surface area contributed by atoms with E-state index in [1.807, 2.05) is 6.07 Å². The van der Waals surface area contributed by atoms with Crippen molar-refractivity contribution < 1.29 is 9.50 Å². The molecule has 0 aliphatic carbocycles. The van der Waals surface area contributed by atoms with Gasteiger partial charge in [-0.1, -0.05) is 39.7 Å². The minimum Gasteiger partial charge on any atom is -0.381 e. The lowest BCUT2D eigenvalue weighted by Gasteiger charge is -2.27. The smallest absolute Gasteiger partial charge is 0.123 e. The summed E-state index contributed by atoms with van der Waals surface area (Å²) in [5.41, 5.74) is 0.643. The second-order valence-corrected chi connectivity index (χ2v) is 5.98. The van der Waals surface area contributed by atoms with Gasteiger partial charge in [0, 0.05) is 15.1 Å². The average Bonchev–Trinajstić information content (AvgIpc) is 2.27. The highest BCUT2D eigenvalue weighted by molar-refractivity contribution is 9.10. The predicted octanol–water partition coefficient (Wildman–Crippen LogP) is 4.81. The van der Waals surface area contributed by atoms with Crippen molar-refractivity contribution in [1.29, 1.82) is 0 Å². The highest BCUT2D eigenvalue weighted by Crippen LogP contribution is 2.36. The zero-order valence-corrected chi connectivity index (χ0v) is 12.9. The molecule has 2 rings (SSSR count). The van der Waals surface area contributed by atoms with Crippen LogP contribution in [0.25, 0.3) is 0 Å². The number of rotatable bonds is 2. The van der Waals surface area contributed by atoms with Gasteiger partial charge in [-0.25, -0.2) is 4.39 Å². The van der Waals surface area contributed by atoms with Gasteiger partial charge in [-0.3, -0.25) is 0 Å². The van der Waals surface area contributed by atoms with Gasteiger partial charge in [0.15, 0.2) is 0 Å². The lowest BCUT2D eigenvalue weighted by Crippen LogP contribution is -2.24. The quantitative estimate of drug-likeness (QED) is 0.830. The second kappa shape index (κ2) is 5.23. The highest BCUT2D eigenvalue weighted by atomic mass is 79.9. The number of hydrogen-bond donors (Lipinski definition) is 1. The van der Waals surface area contributed by atoms with Crippen molar-refractivity contribution in [3.8, 4) is 0 Å². The Morgan fingerprint density at radius 2 is 1.79 bits per heavy atom. The molecule has 1 unspecified atom stereocenters. The van der Waals surface area contributed by atoms with E-state index in [4.69, 9.17) is 11.6 Å². The third-order valence-corrected chi connectivity index (χ3v) is 3.97. The van der Waals surface area contributed by atoms with Crippen molar-refractivity contribution in [1.82, 2.24) is 0 Å². The summed E-state index contributed by atoms with van der Waals surface area (Å²) in [6.45, 7) is 3.42. The lowest BCUT2D eigenvalue weighted by atomic mass is 9.85. The molecule has 1 nitrogen and oxygen atoms in total. The first-order valence-corrected chi connectivity index (χ1v) is 6.94. The topological polar surface area (TPSA) is 20.2 Å². The zero-order chi connectivity index (χ0) is 14.2. The molecule has 0 saturated carbocycles. The Kier molecular flexibility index (Phi) is 4.00. The van der Waals surface area contributed by atoms with Crippen molar-refractivity contribution in [2.24, 2.45) is 0 Å². The summed E-state index contributed by atoms with van der Waals surface area (Å²) in [6, 6.07) is 9.62. The Hall–Kier alpha value is -0.900. The van der Waals surface area contributed by atoms with Crippen LogP contribution in [0.2, 0.25) is 5.02 Å². The molecule has 4 heteroatoms. The Bertz CT molecular complexity index is 572. The van der Waals surface area contributed by atoms with Crippen LogP contribution in [0, 0.1) is 12.7 Å². The third kappa shape index (κ3) is 2.83. The summed E-state index contributed by atoms with van der Waals surface area (Å²) in [6.07, 6.45) is 0. The lowest BCUT2D eigenvalue weighted by molar-refractivity contribution is 0.102. The fourth-order valence-corrected chi connectivity index (χ4v) is 3.06. The van der Waals surface area contributed by atoms with Gasteiger partial charge in [0.2, 0.25) is 0 Å². The van der Waals surface area contributed by atoms with Crippen molar-refractivity contribution in [2.45, 2.75) is 19.4 Å².